The van der Waals surface area contributed by atoms with Crippen LogP contribution in [0.4, 0.5) is 0 Å². The van der Waals surface area contributed by atoms with Gasteiger partial charge in [0.1, 0.15) is 0 Å². The Hall–Kier alpha value is -7.96. The molecule has 4 aromatic heterocycles. The van der Waals surface area contributed by atoms with Gasteiger partial charge in [-0.05, 0) is 65.2 Å². The number of para-hydroxylation sites is 5. The summed E-state index contributed by atoms with van der Waals surface area (Å²) in [6.07, 6.45) is 16.2. The summed E-state index contributed by atoms with van der Waals surface area (Å²) >= 11 is 0. The summed E-state index contributed by atoms with van der Waals surface area (Å²) in [5.74, 6) is 2.03. The van der Waals surface area contributed by atoms with Crippen LogP contribution in [0.25, 0.3) is 117 Å². The molecule has 0 radical (unpaired) electrons. The Bertz CT molecular complexity index is 4710. The first-order valence-electron chi connectivity index (χ1n) is 32.6. The molecule has 0 spiro atoms. The third kappa shape index (κ3) is 8.91. The molecule has 3 aliphatic rings. The Morgan fingerprint density at radius 2 is 0.598 bits per heavy atom. The van der Waals surface area contributed by atoms with Gasteiger partial charge in [0.15, 0.2) is 17.5 Å². The van der Waals surface area contributed by atoms with Gasteiger partial charge >= 0.3 is 0 Å². The minimum absolute atomic E-state index is 0.647. The van der Waals surface area contributed by atoms with Crippen molar-refractivity contribution in [1.29, 1.82) is 0 Å². The third-order valence-electron chi connectivity index (χ3n) is 22.1. The van der Waals surface area contributed by atoms with Gasteiger partial charge in [-0.25, -0.2) is 15.0 Å². The van der Waals surface area contributed by atoms with E-state index in [-0.39, 0.29) is 0 Å². The smallest absolute Gasteiger partial charge is 0.164 e. The molecule has 87 heavy (non-hydrogen) atoms. The molecular weight excluding hydrogens is 1110 g/mol. The van der Waals surface area contributed by atoms with Crippen LogP contribution in [0.2, 0.25) is 55.9 Å². The lowest BCUT2D eigenvalue weighted by atomic mass is 10.00. The quantitative estimate of drug-likeness (QED) is 0.115. The maximum absolute atomic E-state index is 5.72. The molecule has 0 unspecified atom stereocenters. The number of rotatable bonds is 12. The summed E-state index contributed by atoms with van der Waals surface area (Å²) in [6.45, 7) is 15.6. The van der Waals surface area contributed by atoms with Crippen LogP contribution in [0, 0.1) is 0 Å². The number of nitrogens with zero attached hydrogens (tertiary/aromatic N) is 6. The van der Waals surface area contributed by atoms with E-state index in [0.717, 1.165) is 72.4 Å². The normalized spacial score (nSPS) is 15.9. The fraction of sp³-hybridized carbons (Fsp3) is 0.269. The van der Waals surface area contributed by atoms with Crippen LogP contribution in [0.1, 0.15) is 77.0 Å². The molecule has 3 fully saturated rings. The lowest BCUT2D eigenvalue weighted by Crippen LogP contribution is -2.48. The summed E-state index contributed by atoms with van der Waals surface area (Å²) < 4.78 is 7.68. The fourth-order valence-corrected chi connectivity index (χ4v) is 26.5. The van der Waals surface area contributed by atoms with Crippen molar-refractivity contribution < 1.29 is 0 Å². The minimum Gasteiger partial charge on any atom is -0.307 e. The Labute approximate surface area is 515 Å². The SMILES string of the molecule is C[Si](C)(c1ccc(-c2nc(-c3ccc([Si](C)(C)C4CCCC4)cc3)nc(-c3cc(-n4c5ccccc5c5ccccc54)c(-n4c5ccccc5c5ccccc54)c(-n4c5ccccc5c5cc([Si](C)(C)C6CCC6)ccc54)c3)n2)cc1)C1CCCCC1. The molecular formula is C78H78N6Si3. The Morgan fingerprint density at radius 1 is 0.287 bits per heavy atom. The van der Waals surface area contributed by atoms with Gasteiger partial charge in [-0.2, -0.15) is 0 Å². The van der Waals surface area contributed by atoms with Gasteiger partial charge in [-0.15, -0.1) is 0 Å². The van der Waals surface area contributed by atoms with Gasteiger partial charge in [-0.1, -0.05) is 284 Å². The van der Waals surface area contributed by atoms with E-state index in [1.54, 1.807) is 5.19 Å². The van der Waals surface area contributed by atoms with Crippen LogP contribution < -0.4 is 15.6 Å². The molecule has 0 atom stereocenters. The maximum Gasteiger partial charge on any atom is 0.164 e. The van der Waals surface area contributed by atoms with E-state index in [1.165, 1.54) is 131 Å². The molecule has 0 N–H and O–H groups in total. The fourth-order valence-electron chi connectivity index (χ4n) is 16.5. The van der Waals surface area contributed by atoms with Crippen molar-refractivity contribution in [2.75, 3.05) is 0 Å². The molecule has 0 aliphatic heterocycles. The second kappa shape index (κ2) is 21.1. The van der Waals surface area contributed by atoms with Gasteiger partial charge < -0.3 is 13.7 Å². The van der Waals surface area contributed by atoms with Crippen molar-refractivity contribution in [2.45, 2.75) is 133 Å². The van der Waals surface area contributed by atoms with Crippen molar-refractivity contribution in [3.63, 3.8) is 0 Å². The zero-order valence-corrected chi connectivity index (χ0v) is 54.5. The number of aromatic nitrogens is 6. The van der Waals surface area contributed by atoms with Gasteiger partial charge in [-0.3, -0.25) is 0 Å². The summed E-state index contributed by atoms with van der Waals surface area (Å²) in [6, 6.07) is 76.4. The van der Waals surface area contributed by atoms with E-state index in [9.17, 15) is 0 Å². The standard InChI is InChI=1S/C78H78N6Si3/c1-85(2,55-23-8-7-9-24-55)58-43-39-52(40-44-58)76-79-77(53-41-45-59(46-42-53)86(3,4)56-25-10-11-26-56)81-78(80-76)54-49-73(82-67-34-17-12-29-61(67)62-30-13-18-35-68(62)82)75(84-70-37-20-14-31-63(70)64-32-15-21-38-71(64)84)74(50-54)83-69-36-19-16-33-65(69)66-51-60(47-48-72(66)83)87(5,6)57-27-22-28-57/h12-21,29-51,55-57H,7-11,22-28H2,1-6H3. The molecule has 13 aromatic rings. The number of fused-ring (bicyclic) bond motifs is 9. The van der Waals surface area contributed by atoms with Crippen LogP contribution >= 0.6 is 0 Å². The van der Waals surface area contributed by atoms with Crippen molar-refractivity contribution in [1.82, 2.24) is 28.7 Å². The van der Waals surface area contributed by atoms with Crippen molar-refractivity contribution in [2.24, 2.45) is 0 Å². The molecule has 16 rings (SSSR count). The van der Waals surface area contributed by atoms with E-state index in [2.05, 4.69) is 253 Å². The second-order valence-corrected chi connectivity index (χ2v) is 42.3. The largest absolute Gasteiger partial charge is 0.307 e. The number of hydrogen-bond donors (Lipinski definition) is 0. The van der Waals surface area contributed by atoms with Crippen LogP contribution in [-0.2, 0) is 0 Å². The van der Waals surface area contributed by atoms with E-state index in [4.69, 9.17) is 15.0 Å². The first-order chi connectivity index (χ1) is 42.4. The minimum atomic E-state index is -1.78. The topological polar surface area (TPSA) is 53.5 Å². The molecule has 9 heteroatoms. The highest BCUT2D eigenvalue weighted by atomic mass is 28.3. The molecule has 0 bridgehead atoms. The van der Waals surface area contributed by atoms with Crippen molar-refractivity contribution in [3.8, 4) is 51.2 Å². The van der Waals surface area contributed by atoms with E-state index in [1.807, 2.05) is 0 Å². The average molecular weight is 1180 g/mol. The van der Waals surface area contributed by atoms with Crippen LogP contribution in [0.3, 0.4) is 0 Å². The highest BCUT2D eigenvalue weighted by molar-refractivity contribution is 6.92. The average Bonchev–Trinajstić information content (AvgIpc) is 1.68. The number of benzene rings is 9. The monoisotopic (exact) mass is 1180 g/mol. The molecule has 6 nitrogen and oxygen atoms in total. The summed E-state index contributed by atoms with van der Waals surface area (Å²) in [5.41, 5.74) is 15.5. The molecule has 0 saturated heterocycles. The van der Waals surface area contributed by atoms with Gasteiger partial charge in [0.05, 0.1) is 74.4 Å². The van der Waals surface area contributed by atoms with E-state index in [0.29, 0.717) is 17.5 Å². The highest BCUT2D eigenvalue weighted by Crippen LogP contribution is 2.47. The van der Waals surface area contributed by atoms with Gasteiger partial charge in [0.25, 0.3) is 0 Å². The number of hydrogen-bond acceptors (Lipinski definition) is 3. The summed E-state index contributed by atoms with van der Waals surface area (Å²) in [5, 5.41) is 12.0. The predicted octanol–water partition coefficient (Wildman–Crippen LogP) is 19.7. The van der Waals surface area contributed by atoms with E-state index >= 15 is 0 Å². The summed E-state index contributed by atoms with van der Waals surface area (Å²) in [4.78, 5) is 17.0. The van der Waals surface area contributed by atoms with Gasteiger partial charge in [0, 0.05) is 49.0 Å². The summed E-state index contributed by atoms with van der Waals surface area (Å²) in [7, 11) is -5.23. The van der Waals surface area contributed by atoms with Crippen LogP contribution in [0.5, 0.6) is 0 Å². The first kappa shape index (κ1) is 54.4. The molecule has 0 amide bonds. The Morgan fingerprint density at radius 3 is 0.989 bits per heavy atom. The second-order valence-electron chi connectivity index (χ2n) is 27.8. The molecule has 3 saturated carbocycles. The zero-order chi connectivity index (χ0) is 58.8. The third-order valence-corrected chi connectivity index (χ3v) is 35.4. The van der Waals surface area contributed by atoms with Gasteiger partial charge in [0.2, 0.25) is 0 Å². The first-order valence-corrected chi connectivity index (χ1v) is 41.8. The van der Waals surface area contributed by atoms with Crippen molar-refractivity contribution in [3.05, 3.63) is 200 Å². The Kier molecular flexibility index (Phi) is 13.2. The lowest BCUT2D eigenvalue weighted by molar-refractivity contribution is 0.489. The zero-order valence-electron chi connectivity index (χ0n) is 51.5. The molecule has 3 aliphatic carbocycles. The van der Waals surface area contributed by atoms with Crippen LogP contribution in [0.15, 0.2) is 200 Å². The van der Waals surface area contributed by atoms with Crippen molar-refractivity contribution >= 4 is 105 Å². The Balaban J connectivity index is 1.01. The highest BCUT2D eigenvalue weighted by Gasteiger charge is 2.39. The lowest BCUT2D eigenvalue weighted by Gasteiger charge is -2.39. The molecule has 9 aromatic carbocycles. The molecule has 4 heterocycles. The predicted molar refractivity (Wildman–Crippen MR) is 377 cm³/mol. The molecule has 432 valence electrons. The maximum atomic E-state index is 5.72. The van der Waals surface area contributed by atoms with Crippen LogP contribution in [-0.4, -0.2) is 52.9 Å². The van der Waals surface area contributed by atoms with E-state index < -0.39 is 24.2 Å².